The number of rotatable bonds is 8. The predicted octanol–water partition coefficient (Wildman–Crippen LogP) is 2.62. The Morgan fingerprint density at radius 3 is 1.60 bits per heavy atom. The lowest BCUT2D eigenvalue weighted by Crippen LogP contribution is -2.64. The van der Waals surface area contributed by atoms with E-state index >= 15 is 0 Å². The Morgan fingerprint density at radius 1 is 0.880 bits per heavy atom. The predicted molar refractivity (Wildman–Crippen MR) is 103 cm³/mol. The molecule has 0 amide bonds. The molecule has 0 aliphatic rings. The van der Waals surface area contributed by atoms with Gasteiger partial charge in [-0.25, -0.2) is 0 Å². The maximum absolute atomic E-state index is 11.4. The van der Waals surface area contributed by atoms with Crippen LogP contribution in [-0.4, -0.2) is 37.6 Å². The van der Waals surface area contributed by atoms with Gasteiger partial charge in [0.2, 0.25) is 0 Å². The summed E-state index contributed by atoms with van der Waals surface area (Å²) in [5.41, 5.74) is 1.64. The zero-order chi connectivity index (χ0) is 19.3. The summed E-state index contributed by atoms with van der Waals surface area (Å²) < 4.78 is 23.5. The molecule has 0 aliphatic heterocycles. The van der Waals surface area contributed by atoms with Gasteiger partial charge in [0.1, 0.15) is 0 Å². The van der Waals surface area contributed by atoms with Crippen molar-refractivity contribution in [2.45, 2.75) is 40.0 Å². The third-order valence-corrected chi connectivity index (χ3v) is 12.6. The van der Waals surface area contributed by atoms with Crippen molar-refractivity contribution in [3.8, 4) is 0 Å². The fourth-order valence-electron chi connectivity index (χ4n) is 2.47. The Labute approximate surface area is 152 Å². The zero-order valence-corrected chi connectivity index (χ0v) is 18.6. The van der Waals surface area contributed by atoms with Crippen LogP contribution in [0.2, 0.25) is 26.2 Å². The number of hydrogen-bond acceptors (Lipinski definition) is 6. The molecule has 9 heteroatoms. The van der Waals surface area contributed by atoms with Crippen LogP contribution in [0.4, 0.5) is 0 Å². The van der Waals surface area contributed by atoms with Crippen molar-refractivity contribution in [1.29, 1.82) is 0 Å². The molecule has 0 aromatic heterocycles. The van der Waals surface area contributed by atoms with Crippen molar-refractivity contribution in [3.63, 3.8) is 0 Å². The maximum atomic E-state index is 11.4. The summed E-state index contributed by atoms with van der Waals surface area (Å²) in [5, 5.41) is 0.811. The molecule has 1 rings (SSSR count). The van der Waals surface area contributed by atoms with Gasteiger partial charge in [-0.1, -0.05) is 30.3 Å². The van der Waals surface area contributed by atoms with Gasteiger partial charge < -0.3 is 17.1 Å². The topological polar surface area (TPSA) is 71.1 Å². The quantitative estimate of drug-likeness (QED) is 0.627. The van der Waals surface area contributed by atoms with E-state index in [1.54, 1.807) is 31.9 Å². The first-order chi connectivity index (χ1) is 11.4. The third-order valence-electron chi connectivity index (χ3n) is 3.02. The lowest BCUT2D eigenvalue weighted by Gasteiger charge is -2.39. The van der Waals surface area contributed by atoms with Crippen LogP contribution in [0.1, 0.15) is 13.8 Å². The minimum Gasteiger partial charge on any atom is -0.495 e. The van der Waals surface area contributed by atoms with Gasteiger partial charge >= 0.3 is 25.7 Å². The molecule has 0 N–H and O–H groups in total. The summed E-state index contributed by atoms with van der Waals surface area (Å²) in [6, 6.07) is 9.38. The first kappa shape index (κ1) is 21.5. The Bertz CT molecular complexity index is 600. The number of hydrogen-bond donors (Lipinski definition) is 0. The summed E-state index contributed by atoms with van der Waals surface area (Å²) >= 11 is 0. The van der Waals surface area contributed by atoms with E-state index in [1.807, 2.05) is 30.3 Å². The van der Waals surface area contributed by atoms with Gasteiger partial charge in [-0.15, -0.1) is 6.58 Å². The van der Waals surface area contributed by atoms with Gasteiger partial charge in [0.05, 0.1) is 0 Å². The third kappa shape index (κ3) is 6.71. The fourth-order valence-corrected chi connectivity index (χ4v) is 13.1. The Balaban J connectivity index is 3.32. The molecule has 0 unspecified atom stereocenters. The monoisotopic (exact) mass is 398 g/mol. The van der Waals surface area contributed by atoms with Gasteiger partial charge in [-0.3, -0.25) is 9.59 Å². The summed E-state index contributed by atoms with van der Waals surface area (Å²) in [4.78, 5) is 22.8. The van der Waals surface area contributed by atoms with Crippen LogP contribution in [0.25, 0.3) is 0 Å². The fraction of sp³-hybridized carbons (Fsp3) is 0.375. The highest BCUT2D eigenvalue weighted by atomic mass is 28.5. The Morgan fingerprint density at radius 2 is 1.28 bits per heavy atom. The van der Waals surface area contributed by atoms with Crippen LogP contribution in [0.3, 0.4) is 0 Å². The summed E-state index contributed by atoms with van der Waals surface area (Å²) in [5.74, 6) is -0.818. The molecule has 25 heavy (non-hydrogen) atoms. The molecule has 0 saturated carbocycles. The summed E-state index contributed by atoms with van der Waals surface area (Å²) in [6.45, 7) is 13.7. The van der Waals surface area contributed by atoms with Gasteiger partial charge in [-0.2, -0.15) is 0 Å². The van der Waals surface area contributed by atoms with E-state index in [4.69, 9.17) is 17.1 Å². The van der Waals surface area contributed by atoms with Crippen LogP contribution in [0.15, 0.2) is 42.6 Å². The smallest absolute Gasteiger partial charge is 0.387 e. The van der Waals surface area contributed by atoms with E-state index in [-0.39, 0.29) is 0 Å². The van der Waals surface area contributed by atoms with Crippen molar-refractivity contribution < 1.29 is 26.7 Å². The molecule has 138 valence electrons. The highest BCUT2D eigenvalue weighted by Gasteiger charge is 2.50. The van der Waals surface area contributed by atoms with E-state index in [9.17, 15) is 9.59 Å². The number of carbonyl (C=O) groups is 2. The number of benzene rings is 1. The largest absolute Gasteiger partial charge is 0.495 e. The molecule has 0 aliphatic carbocycles. The van der Waals surface area contributed by atoms with Crippen LogP contribution < -0.4 is 5.19 Å². The minimum atomic E-state index is -3.22. The number of carbonyl (C=O) groups excluding carboxylic acids is 2. The molecular weight excluding hydrogens is 372 g/mol. The normalized spacial score (nSPS) is 12.4. The van der Waals surface area contributed by atoms with Gasteiger partial charge in [0, 0.05) is 13.8 Å². The van der Waals surface area contributed by atoms with Crippen molar-refractivity contribution in [2.75, 3.05) is 0 Å². The van der Waals surface area contributed by atoms with E-state index in [1.165, 1.54) is 13.8 Å². The van der Waals surface area contributed by atoms with Crippen LogP contribution in [0.5, 0.6) is 0 Å². The summed E-state index contributed by atoms with van der Waals surface area (Å²) in [7, 11) is -8.91. The zero-order valence-electron chi connectivity index (χ0n) is 15.6. The molecule has 0 spiro atoms. The lowest BCUT2D eigenvalue weighted by atomic mass is 10.4. The molecule has 0 fully saturated rings. The molecule has 0 saturated heterocycles. The molecule has 1 aromatic rings. The first-order valence-electron chi connectivity index (χ1n) is 7.90. The molecular formula is C16H26O6Si3. The van der Waals surface area contributed by atoms with Gasteiger partial charge in [-0.05, 0) is 37.1 Å². The van der Waals surface area contributed by atoms with E-state index in [0.717, 1.165) is 5.19 Å². The standard InChI is InChI=1S/C16H26O6Si3/c1-8-25(16-12-10-9-11-13-16,21-23(4,5)19-14(2)17)22-24(6,7)20-15(3)18/h8-13H,1H2,2-7H3. The van der Waals surface area contributed by atoms with E-state index < -0.39 is 37.6 Å². The Hall–Kier alpha value is -1.53. The lowest BCUT2D eigenvalue weighted by molar-refractivity contribution is -0.134. The second kappa shape index (κ2) is 8.23. The van der Waals surface area contributed by atoms with Crippen molar-refractivity contribution in [3.05, 3.63) is 42.6 Å². The molecule has 1 aromatic carbocycles. The van der Waals surface area contributed by atoms with Crippen LogP contribution in [0, 0.1) is 0 Å². The second-order valence-electron chi connectivity index (χ2n) is 6.43. The highest BCUT2D eigenvalue weighted by Crippen LogP contribution is 2.23. The van der Waals surface area contributed by atoms with Crippen LogP contribution >= 0.6 is 0 Å². The van der Waals surface area contributed by atoms with Crippen molar-refractivity contribution >= 4 is 42.8 Å². The maximum Gasteiger partial charge on any atom is 0.387 e. The minimum absolute atomic E-state index is 0.409. The van der Waals surface area contributed by atoms with Crippen molar-refractivity contribution in [1.82, 2.24) is 0 Å². The average molecular weight is 399 g/mol. The molecule has 0 heterocycles. The highest BCUT2D eigenvalue weighted by molar-refractivity contribution is 6.96. The van der Waals surface area contributed by atoms with Gasteiger partial charge in [0.15, 0.2) is 0 Å². The first-order valence-corrected chi connectivity index (χ1v) is 15.4. The molecule has 0 bridgehead atoms. The molecule has 0 atom stereocenters. The Kier molecular flexibility index (Phi) is 7.08. The molecule has 6 nitrogen and oxygen atoms in total. The van der Waals surface area contributed by atoms with Crippen molar-refractivity contribution in [2.24, 2.45) is 0 Å². The van der Waals surface area contributed by atoms with Crippen LogP contribution in [-0.2, 0) is 26.7 Å². The molecule has 0 radical (unpaired) electrons. The van der Waals surface area contributed by atoms with Gasteiger partial charge in [0.25, 0.3) is 11.9 Å². The summed E-state index contributed by atoms with van der Waals surface area (Å²) in [6.07, 6.45) is 0. The van der Waals surface area contributed by atoms with E-state index in [0.29, 0.717) is 0 Å². The second-order valence-corrected chi connectivity index (χ2v) is 16.4. The average Bonchev–Trinajstić information content (AvgIpc) is 2.43. The van der Waals surface area contributed by atoms with E-state index in [2.05, 4.69) is 6.58 Å². The SMILES string of the molecule is C=C[Si](O[Si](C)(C)OC(C)=O)(O[Si](C)(C)OC(C)=O)c1ccccc1.